The predicted octanol–water partition coefficient (Wildman–Crippen LogP) is 7.26. The zero-order valence-electron chi connectivity index (χ0n) is 36.3. The number of benzene rings is 3. The van der Waals surface area contributed by atoms with Crippen molar-refractivity contribution < 1.29 is 29.6 Å². The summed E-state index contributed by atoms with van der Waals surface area (Å²) in [6.07, 6.45) is 14.1. The second-order valence-corrected chi connectivity index (χ2v) is 16.4. The lowest BCUT2D eigenvalue weighted by molar-refractivity contribution is -0.139. The number of aliphatic hydroxyl groups is 3. The van der Waals surface area contributed by atoms with E-state index in [1.807, 2.05) is 92.9 Å². The molecule has 2 aliphatic rings. The molecule has 2 unspecified atom stereocenters. The maximum atomic E-state index is 14.6. The van der Waals surface area contributed by atoms with Gasteiger partial charge in [-0.25, -0.2) is 0 Å². The summed E-state index contributed by atoms with van der Waals surface area (Å²) in [6.45, 7) is 11.9. The van der Waals surface area contributed by atoms with Crippen molar-refractivity contribution in [2.45, 2.75) is 97.2 Å². The molecule has 12 nitrogen and oxygen atoms in total. The molecule has 3 heterocycles. The Balaban J connectivity index is 1.30. The molecule has 324 valence electrons. The normalized spacial score (nSPS) is 18.7. The van der Waals surface area contributed by atoms with Crippen LogP contribution in [0.25, 0.3) is 0 Å². The third-order valence-electron chi connectivity index (χ3n) is 11.7. The first-order valence-electron chi connectivity index (χ1n) is 21.6. The highest BCUT2D eigenvalue weighted by atomic mass is 16.5. The molecule has 1 aromatic heterocycles. The van der Waals surface area contributed by atoms with Crippen molar-refractivity contribution in [2.75, 3.05) is 42.7 Å². The molecule has 3 aromatic carbocycles. The highest BCUT2D eigenvalue weighted by molar-refractivity contribution is 6.10. The van der Waals surface area contributed by atoms with Crippen molar-refractivity contribution in [3.63, 3.8) is 0 Å². The number of carbonyl (C=O) groups is 2. The second-order valence-electron chi connectivity index (χ2n) is 16.4. The summed E-state index contributed by atoms with van der Waals surface area (Å²) in [5.41, 5.74) is 5.39. The van der Waals surface area contributed by atoms with Crippen LogP contribution >= 0.6 is 0 Å². The first-order valence-corrected chi connectivity index (χ1v) is 21.6. The van der Waals surface area contributed by atoms with Crippen molar-refractivity contribution in [2.24, 2.45) is 5.92 Å². The number of unbranched alkanes of at least 4 members (excludes halogenated alkanes) is 1. The number of carbonyl (C=O) groups excluding carboxylic acids is 2. The number of aromatic nitrogens is 3. The molecule has 4 atom stereocenters. The topological polar surface area (TPSA) is 153 Å². The molecule has 2 amide bonds. The minimum absolute atomic E-state index is 0.0866. The van der Waals surface area contributed by atoms with E-state index in [1.54, 1.807) is 20.5 Å². The van der Waals surface area contributed by atoms with Gasteiger partial charge in [-0.2, -0.15) is 0 Å². The lowest BCUT2D eigenvalue weighted by Crippen LogP contribution is -2.49. The van der Waals surface area contributed by atoms with Gasteiger partial charge in [-0.15, -0.1) is 5.10 Å². The number of ether oxygens (including phenoxy) is 1. The highest BCUT2D eigenvalue weighted by Gasteiger charge is 2.52. The van der Waals surface area contributed by atoms with Crippen LogP contribution < -0.4 is 19.9 Å². The third-order valence-corrected chi connectivity index (χ3v) is 11.7. The van der Waals surface area contributed by atoms with Gasteiger partial charge in [0.15, 0.2) is 5.60 Å². The highest BCUT2D eigenvalue weighted by Crippen LogP contribution is 2.48. The fourth-order valence-electron chi connectivity index (χ4n) is 8.20. The van der Waals surface area contributed by atoms with Gasteiger partial charge in [0.2, 0.25) is 5.91 Å². The molecule has 12 heteroatoms. The molecule has 4 aromatic rings. The van der Waals surface area contributed by atoms with Crippen molar-refractivity contribution >= 4 is 28.9 Å². The van der Waals surface area contributed by atoms with Crippen LogP contribution in [0.1, 0.15) is 95.0 Å². The molecule has 0 spiro atoms. The van der Waals surface area contributed by atoms with Crippen LogP contribution in [0.2, 0.25) is 0 Å². The van der Waals surface area contributed by atoms with E-state index >= 15 is 0 Å². The summed E-state index contributed by atoms with van der Waals surface area (Å²) in [7, 11) is 0. The third kappa shape index (κ3) is 10.4. The molecule has 61 heavy (non-hydrogen) atoms. The van der Waals surface area contributed by atoms with E-state index in [2.05, 4.69) is 48.6 Å². The number of allylic oxidation sites excluding steroid dienone is 4. The van der Waals surface area contributed by atoms with Crippen molar-refractivity contribution in [3.8, 4) is 5.75 Å². The smallest absolute Gasteiger partial charge is 0.264 e. The number of anilines is 3. The second kappa shape index (κ2) is 20.9. The van der Waals surface area contributed by atoms with Gasteiger partial charge in [-0.05, 0) is 120 Å². The molecule has 0 aliphatic carbocycles. The number of aliphatic hydroxyl groups excluding tert-OH is 2. The molecule has 0 bridgehead atoms. The van der Waals surface area contributed by atoms with Crippen molar-refractivity contribution in [3.05, 3.63) is 131 Å². The fraction of sp³-hybridized carbons (Fsp3) is 0.429. The average Bonchev–Trinajstić information content (AvgIpc) is 3.80. The molecular formula is C49H62N6O6. The fourth-order valence-corrected chi connectivity index (χ4v) is 8.20. The number of nitrogens with zero attached hydrogens (tertiary/aromatic N) is 5. The van der Waals surface area contributed by atoms with Gasteiger partial charge in [0, 0.05) is 43.1 Å². The van der Waals surface area contributed by atoms with Gasteiger partial charge in [0.1, 0.15) is 5.75 Å². The zero-order chi connectivity index (χ0) is 43.5. The summed E-state index contributed by atoms with van der Waals surface area (Å²) in [5, 5.41) is 44.3. The van der Waals surface area contributed by atoms with E-state index in [1.165, 1.54) is 5.57 Å². The van der Waals surface area contributed by atoms with Crippen LogP contribution in [0.4, 0.5) is 17.1 Å². The van der Waals surface area contributed by atoms with Crippen molar-refractivity contribution in [1.82, 2.24) is 20.3 Å². The lowest BCUT2D eigenvalue weighted by atomic mass is 9.82. The number of rotatable bonds is 21. The van der Waals surface area contributed by atoms with Crippen LogP contribution in [0, 0.1) is 5.92 Å². The van der Waals surface area contributed by atoms with Gasteiger partial charge in [0.25, 0.3) is 5.91 Å². The number of aryl methyl sites for hydroxylation is 1. The van der Waals surface area contributed by atoms with Crippen LogP contribution in [-0.4, -0.2) is 81.1 Å². The molecule has 0 saturated carbocycles. The Morgan fingerprint density at radius 2 is 1.79 bits per heavy atom. The summed E-state index contributed by atoms with van der Waals surface area (Å²) < 4.78 is 7.57. The van der Waals surface area contributed by atoms with Crippen LogP contribution in [0.5, 0.6) is 5.75 Å². The van der Waals surface area contributed by atoms with Gasteiger partial charge < -0.3 is 30.3 Å². The Morgan fingerprint density at radius 1 is 1.00 bits per heavy atom. The van der Waals surface area contributed by atoms with E-state index in [0.717, 1.165) is 47.4 Å². The molecular weight excluding hydrogens is 769 g/mol. The molecule has 0 radical (unpaired) electrons. The largest absolute Gasteiger partial charge is 0.494 e. The van der Waals surface area contributed by atoms with Crippen LogP contribution in [0.3, 0.4) is 0 Å². The number of hydrogen-bond acceptors (Lipinski definition) is 9. The standard InChI is InChI=1S/C49H62N6O6/c1-6-61-40-21-23-45-38(29-40)30-43(50-25-11-13-28-56)47(58)55(45)39-20-22-46-42(31-39)49(60,48(59)54(46)27-24-35(4)16-14-15-34(2)3)36(5)17-10-12-26-53-32-44(51-52-53)41(33-57)37-18-8-7-9-19-37/h7-10,15,17-24,29,31-32,36,41,43,50,56-57,60H,6,11-14,16,25-28,30,33H2,1-5H3/b17-10+,35-24+/t36-,41?,43?,49+/m0/s1. The quantitative estimate of drug-likeness (QED) is 0.0502. The summed E-state index contributed by atoms with van der Waals surface area (Å²) in [4.78, 5) is 32.4. The average molecular weight is 831 g/mol. The Kier molecular flexibility index (Phi) is 15.5. The maximum absolute atomic E-state index is 14.6. The first-order chi connectivity index (χ1) is 29.5. The molecule has 6 rings (SSSR count). The first kappa shape index (κ1) is 45.1. The number of hydrogen-bond donors (Lipinski definition) is 4. The van der Waals surface area contributed by atoms with Gasteiger partial charge in [-0.3, -0.25) is 19.2 Å². The Hall–Kier alpha value is -5.40. The molecule has 2 aliphatic heterocycles. The molecule has 0 saturated heterocycles. The Labute approximate surface area is 360 Å². The minimum atomic E-state index is -1.92. The van der Waals surface area contributed by atoms with Crippen molar-refractivity contribution in [1.29, 1.82) is 0 Å². The molecule has 0 fully saturated rings. The minimum Gasteiger partial charge on any atom is -0.494 e. The van der Waals surface area contributed by atoms with E-state index in [0.29, 0.717) is 68.1 Å². The predicted molar refractivity (Wildman–Crippen MR) is 240 cm³/mol. The summed E-state index contributed by atoms with van der Waals surface area (Å²) in [6, 6.07) is 20.4. The Morgan fingerprint density at radius 3 is 2.52 bits per heavy atom. The summed E-state index contributed by atoms with van der Waals surface area (Å²) >= 11 is 0. The van der Waals surface area contributed by atoms with Gasteiger partial charge >= 0.3 is 0 Å². The lowest BCUT2D eigenvalue weighted by Gasteiger charge is -2.35. The number of amides is 2. The van der Waals surface area contributed by atoms with E-state index in [4.69, 9.17) is 4.74 Å². The SMILES string of the molecule is CCOc1ccc2c(c1)CC(NCCCCO)C(=O)N2c1ccc2c(c1)[C@](O)([C@@H](C)/C=C/CCn1cc(C(CO)c3ccccc3)nn1)C(=O)N2C/C=C(\C)CCC=C(C)C. The van der Waals surface area contributed by atoms with Gasteiger partial charge in [-0.1, -0.05) is 77.9 Å². The number of fused-ring (bicyclic) bond motifs is 2. The van der Waals surface area contributed by atoms with E-state index in [-0.39, 0.29) is 25.0 Å². The zero-order valence-corrected chi connectivity index (χ0v) is 36.3. The summed E-state index contributed by atoms with van der Waals surface area (Å²) in [5.74, 6) is -0.758. The monoisotopic (exact) mass is 830 g/mol. The Bertz CT molecular complexity index is 2210. The maximum Gasteiger partial charge on any atom is 0.264 e. The number of nitrogens with one attached hydrogen (secondary N) is 1. The van der Waals surface area contributed by atoms with Gasteiger partial charge in [0.05, 0.1) is 42.2 Å². The van der Waals surface area contributed by atoms with Crippen LogP contribution in [-0.2, 0) is 28.2 Å². The van der Waals surface area contributed by atoms with Crippen LogP contribution in [0.15, 0.2) is 108 Å². The van der Waals surface area contributed by atoms with E-state index < -0.39 is 23.5 Å². The van der Waals surface area contributed by atoms with E-state index in [9.17, 15) is 24.9 Å². The molecule has 4 N–H and O–H groups in total.